The second kappa shape index (κ2) is 10.9. The monoisotopic (exact) mass is 421 g/mol. The molecule has 0 bridgehead atoms. The van der Waals surface area contributed by atoms with Gasteiger partial charge < -0.3 is 14.4 Å². The Labute approximate surface area is 178 Å². The van der Waals surface area contributed by atoms with Crippen molar-refractivity contribution in [3.05, 3.63) is 0 Å². The molecule has 0 spiro atoms. The fourth-order valence-electron chi connectivity index (χ4n) is 4.45. The summed E-state index contributed by atoms with van der Waals surface area (Å²) in [6.07, 6.45) is 7.26. The molecule has 1 saturated heterocycles. The average molecular weight is 422 g/mol. The summed E-state index contributed by atoms with van der Waals surface area (Å²) in [4.78, 5) is 40.5. The maximum absolute atomic E-state index is 13.4. The largest absolute Gasteiger partial charge is 0.465 e. The summed E-state index contributed by atoms with van der Waals surface area (Å²) in [5, 5.41) is 5.56. The molecule has 0 aromatic carbocycles. The first-order valence-electron chi connectivity index (χ1n) is 11.3. The molecule has 2 amide bonds. The molecule has 3 rings (SSSR count). The number of ether oxygens (including phenoxy) is 2. The van der Waals surface area contributed by atoms with Gasteiger partial charge in [-0.05, 0) is 18.3 Å². The molecule has 0 N–H and O–H groups in total. The molecule has 3 aliphatic rings. The van der Waals surface area contributed by atoms with Crippen molar-refractivity contribution in [1.29, 1.82) is 0 Å². The topological polar surface area (TPSA) is 88.5 Å². The minimum absolute atomic E-state index is 0.0482. The maximum Gasteiger partial charge on any atom is 0.306 e. The molecule has 30 heavy (non-hydrogen) atoms. The van der Waals surface area contributed by atoms with Gasteiger partial charge in [0.15, 0.2) is 0 Å². The molecule has 2 atom stereocenters. The number of carbonyl (C=O) groups is 3. The van der Waals surface area contributed by atoms with E-state index in [0.717, 1.165) is 12.8 Å². The van der Waals surface area contributed by atoms with E-state index < -0.39 is 12.0 Å². The zero-order valence-electron chi connectivity index (χ0n) is 18.3. The molecular weight excluding hydrogens is 386 g/mol. The SMILES string of the molecule is CC(C)COC(=O)C[C@@H](CC1CCCC1)C(=O)N1N=CCC1C(=O)N1CCOCC1. The third kappa shape index (κ3) is 6.03. The number of hydrogen-bond donors (Lipinski definition) is 0. The Bertz CT molecular complexity index is 639. The quantitative estimate of drug-likeness (QED) is 0.561. The Morgan fingerprint density at radius 1 is 1.17 bits per heavy atom. The molecule has 1 unspecified atom stereocenters. The van der Waals surface area contributed by atoms with Crippen LogP contribution in [0.25, 0.3) is 0 Å². The fourth-order valence-corrected chi connectivity index (χ4v) is 4.45. The van der Waals surface area contributed by atoms with E-state index in [1.165, 1.54) is 17.9 Å². The molecule has 8 heteroatoms. The van der Waals surface area contributed by atoms with Crippen LogP contribution in [0, 0.1) is 17.8 Å². The molecule has 1 aliphatic carbocycles. The second-order valence-corrected chi connectivity index (χ2v) is 9.03. The van der Waals surface area contributed by atoms with Gasteiger partial charge in [0.1, 0.15) is 6.04 Å². The van der Waals surface area contributed by atoms with Crippen LogP contribution in [0.15, 0.2) is 5.10 Å². The highest BCUT2D eigenvalue weighted by Crippen LogP contribution is 2.33. The minimum atomic E-state index is -0.617. The minimum Gasteiger partial charge on any atom is -0.465 e. The highest BCUT2D eigenvalue weighted by Gasteiger charge is 2.40. The predicted molar refractivity (Wildman–Crippen MR) is 112 cm³/mol. The smallest absolute Gasteiger partial charge is 0.306 e. The van der Waals surface area contributed by atoms with Crippen molar-refractivity contribution in [2.24, 2.45) is 22.9 Å². The van der Waals surface area contributed by atoms with Crippen molar-refractivity contribution in [2.45, 2.75) is 64.8 Å². The molecular formula is C22H35N3O5. The predicted octanol–water partition coefficient (Wildman–Crippen LogP) is 2.22. The Hall–Kier alpha value is -1.96. The van der Waals surface area contributed by atoms with Crippen molar-refractivity contribution in [3.8, 4) is 0 Å². The van der Waals surface area contributed by atoms with E-state index in [2.05, 4.69) is 5.10 Å². The van der Waals surface area contributed by atoms with Crippen molar-refractivity contribution >= 4 is 24.0 Å². The van der Waals surface area contributed by atoms with Gasteiger partial charge in [0.25, 0.3) is 0 Å². The number of carbonyl (C=O) groups excluding carboxylic acids is 3. The summed E-state index contributed by atoms with van der Waals surface area (Å²) in [6, 6.07) is -0.617. The fraction of sp³-hybridized carbons (Fsp3) is 0.818. The van der Waals surface area contributed by atoms with Crippen molar-refractivity contribution in [3.63, 3.8) is 0 Å². The lowest BCUT2D eigenvalue weighted by molar-refractivity contribution is -0.153. The van der Waals surface area contributed by atoms with Gasteiger partial charge in [0.2, 0.25) is 11.8 Å². The number of morpholine rings is 1. The number of nitrogens with zero attached hydrogens (tertiary/aromatic N) is 3. The zero-order valence-corrected chi connectivity index (χ0v) is 18.3. The van der Waals surface area contributed by atoms with Crippen molar-refractivity contribution < 1.29 is 23.9 Å². The first-order valence-corrected chi connectivity index (χ1v) is 11.3. The van der Waals surface area contributed by atoms with Gasteiger partial charge >= 0.3 is 5.97 Å². The van der Waals surface area contributed by atoms with Crippen LogP contribution in [-0.4, -0.2) is 72.9 Å². The summed E-state index contributed by atoms with van der Waals surface area (Å²) >= 11 is 0. The van der Waals surface area contributed by atoms with E-state index in [0.29, 0.717) is 51.7 Å². The van der Waals surface area contributed by atoms with E-state index >= 15 is 0 Å². The summed E-state index contributed by atoms with van der Waals surface area (Å²) in [5.41, 5.74) is 0. The summed E-state index contributed by atoms with van der Waals surface area (Å²) < 4.78 is 10.7. The first kappa shape index (κ1) is 22.7. The average Bonchev–Trinajstić information content (AvgIpc) is 3.43. The molecule has 2 fully saturated rings. The number of amides is 2. The standard InChI is InChI=1S/C22H35N3O5/c1-16(2)15-30-20(26)14-18(13-17-5-3-4-6-17)21(27)25-19(7-8-23-25)22(28)24-9-11-29-12-10-24/h8,16-19H,3-7,9-15H2,1-2H3/t18-,19?/m1/s1. The van der Waals surface area contributed by atoms with Gasteiger partial charge in [-0.1, -0.05) is 39.5 Å². The van der Waals surface area contributed by atoms with Gasteiger partial charge in [-0.15, -0.1) is 0 Å². The third-order valence-corrected chi connectivity index (χ3v) is 6.10. The van der Waals surface area contributed by atoms with Crippen LogP contribution in [0.3, 0.4) is 0 Å². The van der Waals surface area contributed by atoms with Crippen LogP contribution in [0.2, 0.25) is 0 Å². The Kier molecular flexibility index (Phi) is 8.24. The summed E-state index contributed by atoms with van der Waals surface area (Å²) in [5.74, 6) is -0.481. The Balaban J connectivity index is 1.67. The molecule has 1 saturated carbocycles. The number of rotatable bonds is 8. The van der Waals surface area contributed by atoms with Crippen LogP contribution in [0.5, 0.6) is 0 Å². The van der Waals surface area contributed by atoms with Crippen LogP contribution in [-0.2, 0) is 23.9 Å². The third-order valence-electron chi connectivity index (χ3n) is 6.10. The highest BCUT2D eigenvalue weighted by molar-refractivity contribution is 5.93. The van der Waals surface area contributed by atoms with Gasteiger partial charge in [0, 0.05) is 25.7 Å². The summed E-state index contributed by atoms with van der Waals surface area (Å²) in [6.45, 7) is 6.40. The number of esters is 1. The molecule has 2 heterocycles. The van der Waals surface area contributed by atoms with Gasteiger partial charge in [-0.2, -0.15) is 5.10 Å². The van der Waals surface area contributed by atoms with Crippen molar-refractivity contribution in [1.82, 2.24) is 9.91 Å². The van der Waals surface area contributed by atoms with E-state index in [1.807, 2.05) is 13.8 Å². The first-order chi connectivity index (χ1) is 14.5. The van der Waals surface area contributed by atoms with Crippen LogP contribution in [0.4, 0.5) is 0 Å². The molecule has 8 nitrogen and oxygen atoms in total. The van der Waals surface area contributed by atoms with Crippen LogP contribution >= 0.6 is 0 Å². The number of hydrogen-bond acceptors (Lipinski definition) is 6. The molecule has 0 radical (unpaired) electrons. The number of hydrazone groups is 1. The second-order valence-electron chi connectivity index (χ2n) is 9.03. The lowest BCUT2D eigenvalue weighted by Crippen LogP contribution is -2.51. The van der Waals surface area contributed by atoms with E-state index in [4.69, 9.17) is 9.47 Å². The van der Waals surface area contributed by atoms with Gasteiger partial charge in [-0.25, -0.2) is 5.01 Å². The Morgan fingerprint density at radius 2 is 1.87 bits per heavy atom. The lowest BCUT2D eigenvalue weighted by atomic mass is 9.89. The van der Waals surface area contributed by atoms with Gasteiger partial charge in [-0.3, -0.25) is 14.4 Å². The van der Waals surface area contributed by atoms with Crippen LogP contribution < -0.4 is 0 Å². The lowest BCUT2D eigenvalue weighted by Gasteiger charge is -2.32. The molecule has 168 valence electrons. The normalized spacial score (nSPS) is 23.2. The highest BCUT2D eigenvalue weighted by atomic mass is 16.5. The van der Waals surface area contributed by atoms with Crippen LogP contribution in [0.1, 0.15) is 58.8 Å². The molecule has 0 aromatic heterocycles. The van der Waals surface area contributed by atoms with Gasteiger partial charge in [0.05, 0.1) is 32.2 Å². The molecule has 2 aliphatic heterocycles. The maximum atomic E-state index is 13.4. The zero-order chi connectivity index (χ0) is 21.5. The summed E-state index contributed by atoms with van der Waals surface area (Å²) in [7, 11) is 0. The van der Waals surface area contributed by atoms with E-state index in [9.17, 15) is 14.4 Å². The molecule has 0 aromatic rings. The van der Waals surface area contributed by atoms with Crippen molar-refractivity contribution in [2.75, 3.05) is 32.9 Å². The Morgan fingerprint density at radius 3 is 2.53 bits per heavy atom. The van der Waals surface area contributed by atoms with E-state index in [-0.39, 0.29) is 30.1 Å². The van der Waals surface area contributed by atoms with E-state index in [1.54, 1.807) is 11.1 Å².